The summed E-state index contributed by atoms with van der Waals surface area (Å²) in [5.74, 6) is -1.24. The zero-order valence-corrected chi connectivity index (χ0v) is 10.4. The Morgan fingerprint density at radius 3 is 2.55 bits per heavy atom. The number of nitro benzene ring substituents is 1. The molecule has 2 rings (SSSR count). The summed E-state index contributed by atoms with van der Waals surface area (Å²) in [5, 5.41) is 22.8. The summed E-state index contributed by atoms with van der Waals surface area (Å²) in [5.41, 5.74) is 0.744. The highest BCUT2D eigenvalue weighted by atomic mass is 16.6. The standard InChI is InChI=1S/C12H10N4O4/c1-7-10(15-9-4-13-6-14-5-9)2-8(12(17)18)3-11(7)16(19)20/h2-6,15H,1H3,(H,17,18). The normalized spacial score (nSPS) is 10.1. The number of rotatable bonds is 4. The first-order valence-electron chi connectivity index (χ1n) is 5.53. The van der Waals surface area contributed by atoms with Crippen LogP contribution in [0, 0.1) is 17.0 Å². The third-order valence-electron chi connectivity index (χ3n) is 2.66. The molecule has 0 aliphatic carbocycles. The summed E-state index contributed by atoms with van der Waals surface area (Å²) in [6.07, 6.45) is 4.30. The molecule has 1 aromatic carbocycles. The molecule has 20 heavy (non-hydrogen) atoms. The van der Waals surface area contributed by atoms with Gasteiger partial charge in [0.15, 0.2) is 0 Å². The van der Waals surface area contributed by atoms with Crippen LogP contribution in [0.2, 0.25) is 0 Å². The number of carboxylic acid groups (broad SMARTS) is 1. The number of aromatic nitrogens is 2. The highest BCUT2D eigenvalue weighted by Gasteiger charge is 2.19. The van der Waals surface area contributed by atoms with Crippen molar-refractivity contribution in [3.05, 3.63) is 52.1 Å². The van der Waals surface area contributed by atoms with Crippen LogP contribution in [0.5, 0.6) is 0 Å². The van der Waals surface area contributed by atoms with Crippen molar-refractivity contribution in [2.24, 2.45) is 0 Å². The molecule has 0 aliphatic heterocycles. The maximum absolute atomic E-state index is 11.0. The molecule has 0 atom stereocenters. The Balaban J connectivity index is 2.51. The van der Waals surface area contributed by atoms with E-state index >= 15 is 0 Å². The zero-order chi connectivity index (χ0) is 14.7. The van der Waals surface area contributed by atoms with Crippen LogP contribution < -0.4 is 5.32 Å². The molecule has 0 bridgehead atoms. The van der Waals surface area contributed by atoms with Gasteiger partial charge in [-0.1, -0.05) is 0 Å². The SMILES string of the molecule is Cc1c(Nc2cncnc2)cc(C(=O)O)cc1[N+](=O)[O-]. The van der Waals surface area contributed by atoms with Crippen LogP contribution in [0.25, 0.3) is 0 Å². The molecule has 0 amide bonds. The van der Waals surface area contributed by atoms with Crippen LogP contribution >= 0.6 is 0 Å². The van der Waals surface area contributed by atoms with Gasteiger partial charge in [0, 0.05) is 11.8 Å². The van der Waals surface area contributed by atoms with Gasteiger partial charge in [-0.15, -0.1) is 0 Å². The molecule has 1 aromatic heterocycles. The number of carbonyl (C=O) groups is 1. The van der Waals surface area contributed by atoms with Crippen LogP contribution in [-0.4, -0.2) is 26.0 Å². The maximum atomic E-state index is 11.0. The Morgan fingerprint density at radius 2 is 2.00 bits per heavy atom. The minimum Gasteiger partial charge on any atom is -0.478 e. The van der Waals surface area contributed by atoms with Crippen molar-refractivity contribution in [2.45, 2.75) is 6.92 Å². The monoisotopic (exact) mass is 274 g/mol. The van der Waals surface area contributed by atoms with Crippen LogP contribution in [0.3, 0.4) is 0 Å². The number of benzene rings is 1. The van der Waals surface area contributed by atoms with Gasteiger partial charge < -0.3 is 10.4 Å². The molecule has 0 saturated heterocycles. The van der Waals surface area contributed by atoms with Gasteiger partial charge in [-0.25, -0.2) is 14.8 Å². The number of nitro groups is 1. The molecule has 0 saturated carbocycles. The van der Waals surface area contributed by atoms with E-state index in [1.807, 2.05) is 0 Å². The maximum Gasteiger partial charge on any atom is 0.336 e. The Labute approximate surface area is 113 Å². The Bertz CT molecular complexity index is 673. The van der Waals surface area contributed by atoms with Crippen molar-refractivity contribution in [2.75, 3.05) is 5.32 Å². The van der Waals surface area contributed by atoms with E-state index in [2.05, 4.69) is 15.3 Å². The first kappa shape index (κ1) is 13.4. The van der Waals surface area contributed by atoms with Crippen molar-refractivity contribution in [3.63, 3.8) is 0 Å². The predicted molar refractivity (Wildman–Crippen MR) is 70.1 cm³/mol. The highest BCUT2D eigenvalue weighted by Crippen LogP contribution is 2.29. The molecule has 8 nitrogen and oxygen atoms in total. The first-order valence-corrected chi connectivity index (χ1v) is 5.53. The van der Waals surface area contributed by atoms with Crippen molar-refractivity contribution >= 4 is 23.0 Å². The molecule has 0 radical (unpaired) electrons. The van der Waals surface area contributed by atoms with Gasteiger partial charge in [-0.3, -0.25) is 10.1 Å². The lowest BCUT2D eigenvalue weighted by molar-refractivity contribution is -0.385. The van der Waals surface area contributed by atoms with Crippen molar-refractivity contribution in [1.82, 2.24) is 9.97 Å². The molecular formula is C12H10N4O4. The molecule has 0 fully saturated rings. The van der Waals surface area contributed by atoms with Crippen LogP contribution in [-0.2, 0) is 0 Å². The lowest BCUT2D eigenvalue weighted by Crippen LogP contribution is -2.04. The quantitative estimate of drug-likeness (QED) is 0.647. The molecule has 0 aliphatic rings. The second-order valence-corrected chi connectivity index (χ2v) is 3.98. The summed E-state index contributed by atoms with van der Waals surface area (Å²) in [6.45, 7) is 1.54. The third-order valence-corrected chi connectivity index (χ3v) is 2.66. The van der Waals surface area contributed by atoms with Crippen molar-refractivity contribution in [1.29, 1.82) is 0 Å². The van der Waals surface area contributed by atoms with Gasteiger partial charge in [-0.2, -0.15) is 0 Å². The fourth-order valence-electron chi connectivity index (χ4n) is 1.66. The van der Waals surface area contributed by atoms with Crippen molar-refractivity contribution < 1.29 is 14.8 Å². The fraction of sp³-hybridized carbons (Fsp3) is 0.0833. The van der Waals surface area contributed by atoms with Crippen LogP contribution in [0.1, 0.15) is 15.9 Å². The lowest BCUT2D eigenvalue weighted by Gasteiger charge is -2.10. The number of carboxylic acids is 1. The highest BCUT2D eigenvalue weighted by molar-refractivity contribution is 5.91. The summed E-state index contributed by atoms with van der Waals surface area (Å²) >= 11 is 0. The topological polar surface area (TPSA) is 118 Å². The van der Waals surface area contributed by atoms with Gasteiger partial charge in [0.2, 0.25) is 0 Å². The summed E-state index contributed by atoms with van der Waals surface area (Å²) in [6, 6.07) is 2.36. The molecule has 2 aromatic rings. The van der Waals surface area contributed by atoms with E-state index in [0.29, 0.717) is 16.9 Å². The third kappa shape index (κ3) is 2.69. The van der Waals surface area contributed by atoms with E-state index in [1.165, 1.54) is 31.7 Å². The fourth-order valence-corrected chi connectivity index (χ4v) is 1.66. The molecule has 2 N–H and O–H groups in total. The number of nitrogens with one attached hydrogen (secondary N) is 1. The smallest absolute Gasteiger partial charge is 0.336 e. The van der Waals surface area contributed by atoms with E-state index in [4.69, 9.17) is 5.11 Å². The average Bonchev–Trinajstić information content (AvgIpc) is 2.41. The Kier molecular flexibility index (Phi) is 3.56. The second kappa shape index (κ2) is 5.31. The van der Waals surface area contributed by atoms with E-state index in [0.717, 1.165) is 6.07 Å². The number of aromatic carboxylic acids is 1. The lowest BCUT2D eigenvalue weighted by atomic mass is 10.1. The molecule has 0 spiro atoms. The molecule has 8 heteroatoms. The minimum atomic E-state index is -1.24. The minimum absolute atomic E-state index is 0.165. The van der Waals surface area contributed by atoms with Gasteiger partial charge in [-0.05, 0) is 13.0 Å². The second-order valence-electron chi connectivity index (χ2n) is 3.98. The van der Waals surface area contributed by atoms with Crippen molar-refractivity contribution in [3.8, 4) is 0 Å². The zero-order valence-electron chi connectivity index (χ0n) is 10.4. The van der Waals surface area contributed by atoms with E-state index in [9.17, 15) is 14.9 Å². The van der Waals surface area contributed by atoms with E-state index in [1.54, 1.807) is 0 Å². The largest absolute Gasteiger partial charge is 0.478 e. The molecule has 1 heterocycles. The molecule has 102 valence electrons. The number of hydrogen-bond donors (Lipinski definition) is 2. The predicted octanol–water partition coefficient (Wildman–Crippen LogP) is 2.14. The Hall–Kier alpha value is -3.03. The summed E-state index contributed by atoms with van der Waals surface area (Å²) in [4.78, 5) is 29.0. The molecule has 0 unspecified atom stereocenters. The molecular weight excluding hydrogens is 264 g/mol. The van der Waals surface area contributed by atoms with Gasteiger partial charge in [0.25, 0.3) is 5.69 Å². The van der Waals surface area contributed by atoms with E-state index in [-0.39, 0.29) is 11.3 Å². The average molecular weight is 274 g/mol. The number of hydrogen-bond acceptors (Lipinski definition) is 6. The summed E-state index contributed by atoms with van der Waals surface area (Å²) < 4.78 is 0. The number of anilines is 2. The summed E-state index contributed by atoms with van der Waals surface area (Å²) in [7, 11) is 0. The van der Waals surface area contributed by atoms with E-state index < -0.39 is 10.9 Å². The Morgan fingerprint density at radius 1 is 1.35 bits per heavy atom. The first-order chi connectivity index (χ1) is 9.49. The van der Waals surface area contributed by atoms with Gasteiger partial charge >= 0.3 is 5.97 Å². The number of nitrogens with zero attached hydrogens (tertiary/aromatic N) is 3. The van der Waals surface area contributed by atoms with Crippen LogP contribution in [0.4, 0.5) is 17.1 Å². The van der Waals surface area contributed by atoms with Gasteiger partial charge in [0.05, 0.1) is 34.1 Å². The van der Waals surface area contributed by atoms with Crippen LogP contribution in [0.15, 0.2) is 30.9 Å². The van der Waals surface area contributed by atoms with Gasteiger partial charge in [0.1, 0.15) is 6.33 Å².